The number of aromatic nitrogens is 1. The van der Waals surface area contributed by atoms with Gasteiger partial charge in [0.1, 0.15) is 5.54 Å². The van der Waals surface area contributed by atoms with Crippen LogP contribution in [0.4, 0.5) is 4.79 Å². The predicted molar refractivity (Wildman–Crippen MR) is 105 cm³/mol. The number of carbonyl (C=O) groups excluding carboxylic acids is 3. The molecule has 2 atom stereocenters. The van der Waals surface area contributed by atoms with Gasteiger partial charge in [0.15, 0.2) is 5.78 Å². The molecule has 1 aromatic heterocycles. The number of urea groups is 1. The van der Waals surface area contributed by atoms with Crippen LogP contribution in [0.3, 0.4) is 0 Å². The summed E-state index contributed by atoms with van der Waals surface area (Å²) in [6.45, 7) is 7.09. The van der Waals surface area contributed by atoms with Gasteiger partial charge in [-0.2, -0.15) is 0 Å². The molecule has 7 nitrogen and oxygen atoms in total. The van der Waals surface area contributed by atoms with Gasteiger partial charge in [0.25, 0.3) is 5.91 Å². The third kappa shape index (κ3) is 3.48. The molecule has 1 aliphatic carbocycles. The van der Waals surface area contributed by atoms with Gasteiger partial charge in [-0.25, -0.2) is 4.79 Å². The number of carbonyl (C=O) groups is 3. The van der Waals surface area contributed by atoms with Gasteiger partial charge >= 0.3 is 6.03 Å². The van der Waals surface area contributed by atoms with Crippen molar-refractivity contribution < 1.29 is 19.1 Å². The topological polar surface area (TPSA) is 80.6 Å². The molecule has 2 heterocycles. The van der Waals surface area contributed by atoms with Crippen LogP contribution in [0.1, 0.15) is 60.8 Å². The second-order valence-corrected chi connectivity index (χ2v) is 8.15. The van der Waals surface area contributed by atoms with E-state index >= 15 is 0 Å². The third-order valence-corrected chi connectivity index (χ3v) is 6.41. The Morgan fingerprint density at radius 3 is 2.75 bits per heavy atom. The van der Waals surface area contributed by atoms with E-state index in [0.717, 1.165) is 48.5 Å². The van der Waals surface area contributed by atoms with Crippen LogP contribution < -0.4 is 5.32 Å². The van der Waals surface area contributed by atoms with Crippen LogP contribution in [0.15, 0.2) is 6.07 Å². The van der Waals surface area contributed by atoms with Crippen molar-refractivity contribution in [2.45, 2.75) is 65.0 Å². The predicted octanol–water partition coefficient (Wildman–Crippen LogP) is 2.82. The van der Waals surface area contributed by atoms with Crippen molar-refractivity contribution in [2.75, 3.05) is 20.3 Å². The molecule has 2 fully saturated rings. The van der Waals surface area contributed by atoms with Crippen LogP contribution in [0.5, 0.6) is 0 Å². The fourth-order valence-corrected chi connectivity index (χ4v) is 4.66. The van der Waals surface area contributed by atoms with E-state index < -0.39 is 11.6 Å². The summed E-state index contributed by atoms with van der Waals surface area (Å²) in [4.78, 5) is 39.7. The second kappa shape index (κ2) is 8.07. The minimum atomic E-state index is -0.827. The van der Waals surface area contributed by atoms with Gasteiger partial charge in [-0.15, -0.1) is 0 Å². The number of aryl methyl sites for hydroxylation is 1. The third-order valence-electron chi connectivity index (χ3n) is 6.41. The molecular weight excluding hydrogens is 358 g/mol. The minimum absolute atomic E-state index is 0.0867. The van der Waals surface area contributed by atoms with E-state index in [1.165, 1.54) is 0 Å². The number of nitrogens with zero attached hydrogens (tertiary/aromatic N) is 2. The SMILES string of the molecule is COCCCn1c(C)cc(C(=O)CN2C(=O)N[C@]3(CCCC[C@@H]3C)C2=O)c1C. The quantitative estimate of drug-likeness (QED) is 0.442. The Morgan fingerprint density at radius 1 is 1.32 bits per heavy atom. The van der Waals surface area contributed by atoms with Gasteiger partial charge in [0, 0.05) is 37.2 Å². The Bertz CT molecular complexity index is 785. The lowest BCUT2D eigenvalue weighted by atomic mass is 9.73. The number of imide groups is 1. The first-order chi connectivity index (χ1) is 13.3. The maximum absolute atomic E-state index is 13.1. The maximum Gasteiger partial charge on any atom is 0.325 e. The summed E-state index contributed by atoms with van der Waals surface area (Å²) < 4.78 is 7.19. The lowest BCUT2D eigenvalue weighted by Gasteiger charge is -2.36. The molecule has 3 rings (SSSR count). The molecule has 1 spiro atoms. The molecule has 3 amide bonds. The molecule has 0 aromatic carbocycles. The summed E-state index contributed by atoms with van der Waals surface area (Å²) in [5.74, 6) is -0.356. The Morgan fingerprint density at radius 2 is 2.07 bits per heavy atom. The monoisotopic (exact) mass is 389 g/mol. The van der Waals surface area contributed by atoms with Gasteiger partial charge in [-0.3, -0.25) is 14.5 Å². The van der Waals surface area contributed by atoms with E-state index in [9.17, 15) is 14.4 Å². The summed E-state index contributed by atoms with van der Waals surface area (Å²) in [6.07, 6.45) is 4.41. The Hall–Kier alpha value is -2.15. The summed E-state index contributed by atoms with van der Waals surface area (Å²) in [7, 11) is 1.67. The minimum Gasteiger partial charge on any atom is -0.385 e. The molecule has 28 heavy (non-hydrogen) atoms. The van der Waals surface area contributed by atoms with Gasteiger partial charge in [0.05, 0.1) is 6.54 Å². The van der Waals surface area contributed by atoms with Gasteiger partial charge < -0.3 is 14.6 Å². The van der Waals surface area contributed by atoms with Crippen LogP contribution in [0.2, 0.25) is 0 Å². The highest BCUT2D eigenvalue weighted by atomic mass is 16.5. The highest BCUT2D eigenvalue weighted by Gasteiger charge is 2.55. The number of ether oxygens (including phenoxy) is 1. The lowest BCUT2D eigenvalue weighted by molar-refractivity contribution is -0.133. The molecule has 0 bridgehead atoms. The van der Waals surface area contributed by atoms with Crippen LogP contribution in [0.25, 0.3) is 0 Å². The van der Waals surface area contributed by atoms with Crippen LogP contribution in [-0.2, 0) is 16.1 Å². The molecule has 1 aromatic rings. The van der Waals surface area contributed by atoms with Crippen LogP contribution >= 0.6 is 0 Å². The van der Waals surface area contributed by atoms with Gasteiger partial charge in [0.2, 0.25) is 0 Å². The van der Waals surface area contributed by atoms with Crippen molar-refractivity contribution in [1.29, 1.82) is 0 Å². The zero-order valence-corrected chi connectivity index (χ0v) is 17.3. The molecule has 1 aliphatic heterocycles. The zero-order chi connectivity index (χ0) is 20.5. The summed E-state index contributed by atoms with van der Waals surface area (Å²) in [5.41, 5.74) is 1.61. The van der Waals surface area contributed by atoms with Crippen molar-refractivity contribution >= 4 is 17.7 Å². The first kappa shape index (κ1) is 20.6. The fourth-order valence-electron chi connectivity index (χ4n) is 4.66. The molecule has 0 radical (unpaired) electrons. The number of hydrogen-bond acceptors (Lipinski definition) is 4. The number of hydrogen-bond donors (Lipinski definition) is 1. The zero-order valence-electron chi connectivity index (χ0n) is 17.3. The summed E-state index contributed by atoms with van der Waals surface area (Å²) >= 11 is 0. The molecule has 0 unspecified atom stereocenters. The summed E-state index contributed by atoms with van der Waals surface area (Å²) in [5, 5.41) is 2.91. The molecule has 154 valence electrons. The standard InChI is InChI=1S/C21H31N3O4/c1-14-8-5-6-9-21(14)19(26)24(20(27)22-21)13-18(25)17-12-15(2)23(16(17)3)10-7-11-28-4/h12,14H,5-11,13H2,1-4H3,(H,22,27)/t14-,21-/m0/s1. The molecule has 7 heteroatoms. The molecule has 1 N–H and O–H groups in total. The van der Waals surface area contributed by atoms with Crippen molar-refractivity contribution in [3.8, 4) is 0 Å². The Kier molecular flexibility index (Phi) is 5.93. The first-order valence-electron chi connectivity index (χ1n) is 10.1. The van der Waals surface area contributed by atoms with Gasteiger partial charge in [-0.05, 0) is 45.1 Å². The number of nitrogens with one attached hydrogen (secondary N) is 1. The van der Waals surface area contributed by atoms with E-state index in [1.807, 2.05) is 26.8 Å². The first-order valence-corrected chi connectivity index (χ1v) is 10.1. The molecule has 2 aliphatic rings. The largest absolute Gasteiger partial charge is 0.385 e. The number of amides is 3. The van der Waals surface area contributed by atoms with E-state index in [-0.39, 0.29) is 24.2 Å². The fraction of sp³-hybridized carbons (Fsp3) is 0.667. The van der Waals surface area contributed by atoms with Crippen molar-refractivity contribution in [3.63, 3.8) is 0 Å². The number of Topliss-reactive ketones (excluding diaryl/α,β-unsaturated/α-hetero) is 1. The lowest BCUT2D eigenvalue weighted by Crippen LogP contribution is -2.54. The van der Waals surface area contributed by atoms with Gasteiger partial charge in [-0.1, -0.05) is 19.8 Å². The maximum atomic E-state index is 13.1. The van der Waals surface area contributed by atoms with Crippen LogP contribution in [-0.4, -0.2) is 53.0 Å². The van der Waals surface area contributed by atoms with Crippen molar-refractivity contribution in [2.24, 2.45) is 5.92 Å². The van der Waals surface area contributed by atoms with Crippen molar-refractivity contribution in [1.82, 2.24) is 14.8 Å². The Balaban J connectivity index is 1.75. The Labute approximate surface area is 166 Å². The second-order valence-electron chi connectivity index (χ2n) is 8.15. The average molecular weight is 389 g/mol. The average Bonchev–Trinajstić information content (AvgIpc) is 3.07. The molecular formula is C21H31N3O4. The normalized spacial score (nSPS) is 24.9. The smallest absolute Gasteiger partial charge is 0.325 e. The molecule has 1 saturated carbocycles. The van der Waals surface area contributed by atoms with E-state index in [2.05, 4.69) is 9.88 Å². The van der Waals surface area contributed by atoms with E-state index in [4.69, 9.17) is 4.74 Å². The van der Waals surface area contributed by atoms with E-state index in [0.29, 0.717) is 18.6 Å². The van der Waals surface area contributed by atoms with Crippen LogP contribution in [0, 0.1) is 19.8 Å². The highest BCUT2D eigenvalue weighted by molar-refractivity contribution is 6.11. The number of ketones is 1. The van der Waals surface area contributed by atoms with Crippen molar-refractivity contribution in [3.05, 3.63) is 23.0 Å². The molecule has 1 saturated heterocycles. The summed E-state index contributed by atoms with van der Waals surface area (Å²) in [6, 6.07) is 1.41. The number of rotatable bonds is 7. The number of methoxy groups -OCH3 is 1. The van der Waals surface area contributed by atoms with E-state index in [1.54, 1.807) is 7.11 Å². The highest BCUT2D eigenvalue weighted by Crippen LogP contribution is 2.38.